The van der Waals surface area contributed by atoms with Crippen molar-refractivity contribution in [1.82, 2.24) is 24.4 Å². The molecule has 4 aromatic rings. The van der Waals surface area contributed by atoms with E-state index in [4.69, 9.17) is 0 Å². The van der Waals surface area contributed by atoms with E-state index in [0.29, 0.717) is 11.6 Å². The zero-order chi connectivity index (χ0) is 17.5. The number of nitrogens with one attached hydrogen (secondary N) is 1. The second kappa shape index (κ2) is 5.80. The number of benzene rings is 1. The van der Waals surface area contributed by atoms with Crippen molar-refractivity contribution >= 4 is 17.5 Å². The maximum absolute atomic E-state index is 12.0. The predicted octanol–water partition coefficient (Wildman–Crippen LogP) is 2.93. The molecule has 0 saturated heterocycles. The summed E-state index contributed by atoms with van der Waals surface area (Å²) in [5, 5.41) is 11.7. The molecule has 1 aliphatic carbocycles. The molecule has 1 aromatic carbocycles. The van der Waals surface area contributed by atoms with Gasteiger partial charge in [-0.05, 0) is 37.1 Å². The SMILES string of the molecule is O=C(Nc1nc2cccc(-c3cnn(-c4ccccc4)c3)n2n1)C1CC1. The molecule has 7 nitrogen and oxygen atoms in total. The second-order valence-corrected chi connectivity index (χ2v) is 6.39. The van der Waals surface area contributed by atoms with E-state index in [1.54, 1.807) is 10.7 Å². The Morgan fingerprint density at radius 2 is 1.92 bits per heavy atom. The summed E-state index contributed by atoms with van der Waals surface area (Å²) in [6, 6.07) is 15.7. The van der Waals surface area contributed by atoms with Crippen molar-refractivity contribution < 1.29 is 4.79 Å². The van der Waals surface area contributed by atoms with E-state index >= 15 is 0 Å². The van der Waals surface area contributed by atoms with Crippen LogP contribution in [-0.2, 0) is 4.79 Å². The average Bonchev–Trinajstić information content (AvgIpc) is 3.26. The molecule has 1 saturated carbocycles. The molecule has 1 fully saturated rings. The van der Waals surface area contributed by atoms with Gasteiger partial charge < -0.3 is 0 Å². The molecular formula is C19H16N6O. The summed E-state index contributed by atoms with van der Waals surface area (Å²) < 4.78 is 3.55. The molecule has 0 atom stereocenters. The van der Waals surface area contributed by atoms with Crippen LogP contribution < -0.4 is 5.32 Å². The van der Waals surface area contributed by atoms with Gasteiger partial charge in [0, 0.05) is 17.7 Å². The topological polar surface area (TPSA) is 77.1 Å². The van der Waals surface area contributed by atoms with Crippen LogP contribution in [0.2, 0.25) is 0 Å². The molecular weight excluding hydrogens is 328 g/mol. The molecule has 128 valence electrons. The fraction of sp³-hybridized carbons (Fsp3) is 0.158. The largest absolute Gasteiger partial charge is 0.293 e. The van der Waals surface area contributed by atoms with Crippen molar-refractivity contribution in [2.75, 3.05) is 5.32 Å². The molecule has 0 aliphatic heterocycles. The number of aromatic nitrogens is 5. The number of rotatable bonds is 4. The number of pyridine rings is 1. The van der Waals surface area contributed by atoms with Gasteiger partial charge in [-0.25, -0.2) is 9.20 Å². The van der Waals surface area contributed by atoms with Crippen molar-refractivity contribution in [2.45, 2.75) is 12.8 Å². The first-order chi connectivity index (χ1) is 12.8. The predicted molar refractivity (Wildman–Crippen MR) is 96.9 cm³/mol. The number of fused-ring (bicyclic) bond motifs is 1. The van der Waals surface area contributed by atoms with Crippen LogP contribution in [0, 0.1) is 5.92 Å². The number of amides is 1. The van der Waals surface area contributed by atoms with Gasteiger partial charge in [-0.15, -0.1) is 5.10 Å². The number of hydrogen-bond donors (Lipinski definition) is 1. The average molecular weight is 344 g/mol. The Morgan fingerprint density at radius 3 is 2.73 bits per heavy atom. The van der Waals surface area contributed by atoms with Crippen LogP contribution in [0.25, 0.3) is 22.6 Å². The molecule has 7 heteroatoms. The molecule has 3 aromatic heterocycles. The normalized spacial score (nSPS) is 13.8. The fourth-order valence-corrected chi connectivity index (χ4v) is 2.91. The Kier molecular flexibility index (Phi) is 3.31. The van der Waals surface area contributed by atoms with Crippen molar-refractivity contribution in [3.8, 4) is 16.9 Å². The standard InChI is InChI=1S/C19H16N6O/c26-18(13-9-10-13)22-19-21-17-8-4-7-16(25(17)23-19)14-11-20-24(12-14)15-5-2-1-3-6-15/h1-8,11-13H,9-10H2,(H,22,23,26). The van der Waals surface area contributed by atoms with Crippen LogP contribution >= 0.6 is 0 Å². The summed E-state index contributed by atoms with van der Waals surface area (Å²) in [6.07, 6.45) is 5.65. The number of para-hydroxylation sites is 1. The molecule has 5 rings (SSSR count). The van der Waals surface area contributed by atoms with E-state index in [0.717, 1.165) is 29.8 Å². The third-order valence-electron chi connectivity index (χ3n) is 4.44. The van der Waals surface area contributed by atoms with Gasteiger partial charge in [-0.1, -0.05) is 24.3 Å². The van der Waals surface area contributed by atoms with Crippen molar-refractivity contribution in [3.05, 3.63) is 60.9 Å². The lowest BCUT2D eigenvalue weighted by Gasteiger charge is -2.01. The van der Waals surface area contributed by atoms with Crippen LogP contribution in [0.1, 0.15) is 12.8 Å². The first kappa shape index (κ1) is 14.8. The zero-order valence-corrected chi connectivity index (χ0v) is 13.9. The maximum atomic E-state index is 12.0. The minimum absolute atomic E-state index is 0.000599. The molecule has 3 heterocycles. The lowest BCUT2D eigenvalue weighted by molar-refractivity contribution is -0.117. The highest BCUT2D eigenvalue weighted by atomic mass is 16.2. The van der Waals surface area contributed by atoms with Crippen molar-refractivity contribution in [2.24, 2.45) is 5.92 Å². The van der Waals surface area contributed by atoms with Gasteiger partial charge in [0.1, 0.15) is 0 Å². The van der Waals surface area contributed by atoms with Gasteiger partial charge in [0.25, 0.3) is 0 Å². The van der Waals surface area contributed by atoms with Gasteiger partial charge in [-0.2, -0.15) is 10.1 Å². The summed E-state index contributed by atoms with van der Waals surface area (Å²) in [5.74, 6) is 0.453. The second-order valence-electron chi connectivity index (χ2n) is 6.39. The molecule has 0 radical (unpaired) electrons. The van der Waals surface area contributed by atoms with Crippen LogP contribution in [-0.4, -0.2) is 30.3 Å². The van der Waals surface area contributed by atoms with E-state index in [2.05, 4.69) is 20.5 Å². The molecule has 26 heavy (non-hydrogen) atoms. The minimum atomic E-state index is -0.000599. The molecule has 1 aliphatic rings. The highest BCUT2D eigenvalue weighted by Gasteiger charge is 2.30. The summed E-state index contributed by atoms with van der Waals surface area (Å²) in [7, 11) is 0. The third-order valence-corrected chi connectivity index (χ3v) is 4.44. The number of anilines is 1. The number of nitrogens with zero attached hydrogens (tertiary/aromatic N) is 5. The Labute approximate surface area is 149 Å². The van der Waals surface area contributed by atoms with E-state index in [9.17, 15) is 4.79 Å². The quantitative estimate of drug-likeness (QED) is 0.617. The van der Waals surface area contributed by atoms with Gasteiger partial charge in [0.15, 0.2) is 5.65 Å². The van der Waals surface area contributed by atoms with Crippen molar-refractivity contribution in [1.29, 1.82) is 0 Å². The molecule has 0 spiro atoms. The highest BCUT2D eigenvalue weighted by molar-refractivity contribution is 5.92. The van der Waals surface area contributed by atoms with Gasteiger partial charge >= 0.3 is 0 Å². The van der Waals surface area contributed by atoms with Gasteiger partial charge in [0.2, 0.25) is 11.9 Å². The number of hydrogen-bond acceptors (Lipinski definition) is 4. The van der Waals surface area contributed by atoms with Gasteiger partial charge in [-0.3, -0.25) is 10.1 Å². The molecule has 0 bridgehead atoms. The Bertz CT molecular complexity index is 1090. The lowest BCUT2D eigenvalue weighted by Crippen LogP contribution is -2.14. The van der Waals surface area contributed by atoms with Crippen LogP contribution in [0.15, 0.2) is 60.9 Å². The van der Waals surface area contributed by atoms with Crippen molar-refractivity contribution in [3.63, 3.8) is 0 Å². The summed E-state index contributed by atoms with van der Waals surface area (Å²) >= 11 is 0. The van der Waals surface area contributed by atoms with E-state index < -0.39 is 0 Å². The van der Waals surface area contributed by atoms with E-state index in [1.807, 2.05) is 59.4 Å². The third kappa shape index (κ3) is 2.63. The minimum Gasteiger partial charge on any atom is -0.293 e. The Hall–Kier alpha value is -3.48. The first-order valence-electron chi connectivity index (χ1n) is 8.55. The zero-order valence-electron chi connectivity index (χ0n) is 13.9. The first-order valence-corrected chi connectivity index (χ1v) is 8.55. The Morgan fingerprint density at radius 1 is 1.08 bits per heavy atom. The van der Waals surface area contributed by atoms with E-state index in [1.165, 1.54) is 0 Å². The monoisotopic (exact) mass is 344 g/mol. The maximum Gasteiger partial charge on any atom is 0.249 e. The van der Waals surface area contributed by atoms with E-state index in [-0.39, 0.29) is 11.8 Å². The smallest absolute Gasteiger partial charge is 0.249 e. The summed E-state index contributed by atoms with van der Waals surface area (Å²) in [6.45, 7) is 0. The van der Waals surface area contributed by atoms with Crippen LogP contribution in [0.5, 0.6) is 0 Å². The summed E-state index contributed by atoms with van der Waals surface area (Å²) in [4.78, 5) is 16.4. The number of carbonyl (C=O) groups excluding carboxylic acids is 1. The fourth-order valence-electron chi connectivity index (χ4n) is 2.91. The highest BCUT2D eigenvalue weighted by Crippen LogP contribution is 2.30. The van der Waals surface area contributed by atoms with Crippen LogP contribution in [0.3, 0.4) is 0 Å². The van der Waals surface area contributed by atoms with Crippen LogP contribution in [0.4, 0.5) is 5.95 Å². The molecule has 1 amide bonds. The Balaban J connectivity index is 1.51. The summed E-state index contributed by atoms with van der Waals surface area (Å²) in [5.41, 5.74) is 3.46. The molecule has 1 N–H and O–H groups in total. The number of carbonyl (C=O) groups is 1. The lowest BCUT2D eigenvalue weighted by atomic mass is 10.2. The molecule has 0 unspecified atom stereocenters. The van der Waals surface area contributed by atoms with Gasteiger partial charge in [0.05, 0.1) is 17.6 Å².